The number of aromatic nitrogens is 2. The summed E-state index contributed by atoms with van der Waals surface area (Å²) in [4.78, 5) is 5.79. The molecule has 0 saturated heterocycles. The van der Waals surface area contributed by atoms with Crippen LogP contribution in [-0.2, 0) is 13.0 Å². The van der Waals surface area contributed by atoms with Gasteiger partial charge < -0.3 is 4.57 Å². The van der Waals surface area contributed by atoms with Crippen molar-refractivity contribution in [3.63, 3.8) is 0 Å². The number of nitrogens with zero attached hydrogens (tertiary/aromatic N) is 2. The molecule has 2 aromatic rings. The molecule has 3 heterocycles. The second kappa shape index (κ2) is 3.76. The van der Waals surface area contributed by atoms with Crippen molar-refractivity contribution in [1.82, 2.24) is 9.55 Å². The van der Waals surface area contributed by atoms with Crippen molar-refractivity contribution in [2.24, 2.45) is 0 Å². The van der Waals surface area contributed by atoms with E-state index >= 15 is 0 Å². The van der Waals surface area contributed by atoms with E-state index in [2.05, 4.69) is 37.6 Å². The number of hydrogen-bond donors (Lipinski definition) is 0. The predicted molar refractivity (Wildman–Crippen MR) is 66.2 cm³/mol. The maximum absolute atomic E-state index is 4.53. The number of hydrogen-bond acceptors (Lipinski definition) is 2. The van der Waals surface area contributed by atoms with Crippen LogP contribution in [0.1, 0.15) is 18.5 Å². The quantitative estimate of drug-likeness (QED) is 0.780. The first kappa shape index (κ1) is 9.60. The van der Waals surface area contributed by atoms with Gasteiger partial charge in [-0.1, -0.05) is 0 Å². The van der Waals surface area contributed by atoms with E-state index in [1.165, 1.54) is 33.6 Å². The summed E-state index contributed by atoms with van der Waals surface area (Å²) in [6.45, 7) is 1.13. The summed E-state index contributed by atoms with van der Waals surface area (Å²) >= 11 is 5.25. The lowest BCUT2D eigenvalue weighted by atomic mass is 10.1. The van der Waals surface area contributed by atoms with Crippen molar-refractivity contribution in [1.29, 1.82) is 0 Å². The van der Waals surface area contributed by atoms with Crippen LogP contribution < -0.4 is 0 Å². The van der Waals surface area contributed by atoms with Gasteiger partial charge in [0.05, 0.1) is 8.66 Å². The molecule has 0 amide bonds. The minimum Gasteiger partial charge on any atom is -0.327 e. The highest BCUT2D eigenvalue weighted by atomic mass is 79.9. The van der Waals surface area contributed by atoms with Gasteiger partial charge in [0.15, 0.2) is 0 Å². The Morgan fingerprint density at radius 2 is 2.27 bits per heavy atom. The van der Waals surface area contributed by atoms with Crippen molar-refractivity contribution >= 4 is 27.3 Å². The normalized spacial score (nSPS) is 15.3. The summed E-state index contributed by atoms with van der Waals surface area (Å²) in [6, 6.07) is 4.23. The van der Waals surface area contributed by atoms with E-state index in [-0.39, 0.29) is 0 Å². The van der Waals surface area contributed by atoms with Crippen molar-refractivity contribution in [2.45, 2.75) is 25.8 Å². The van der Waals surface area contributed by atoms with Gasteiger partial charge in [0, 0.05) is 18.4 Å². The Morgan fingerprint density at radius 3 is 3.07 bits per heavy atom. The van der Waals surface area contributed by atoms with Crippen molar-refractivity contribution in [2.75, 3.05) is 0 Å². The highest BCUT2D eigenvalue weighted by Crippen LogP contribution is 2.32. The fourth-order valence-corrected chi connectivity index (χ4v) is 3.46. The number of fused-ring (bicyclic) bond motifs is 1. The zero-order chi connectivity index (χ0) is 10.3. The number of rotatable bonds is 1. The first-order chi connectivity index (χ1) is 7.34. The molecule has 0 aliphatic carbocycles. The van der Waals surface area contributed by atoms with Crippen LogP contribution in [0.2, 0.25) is 0 Å². The van der Waals surface area contributed by atoms with Crippen LogP contribution in [0.5, 0.6) is 0 Å². The summed E-state index contributed by atoms with van der Waals surface area (Å²) in [5.74, 6) is 1.14. The zero-order valence-corrected chi connectivity index (χ0v) is 10.6. The van der Waals surface area contributed by atoms with Gasteiger partial charge >= 0.3 is 0 Å². The van der Waals surface area contributed by atoms with Crippen LogP contribution in [0, 0.1) is 0 Å². The largest absolute Gasteiger partial charge is 0.327 e. The molecule has 4 heteroatoms. The molecule has 2 aromatic heterocycles. The number of thiophene rings is 1. The molecule has 0 fully saturated rings. The average molecular weight is 283 g/mol. The molecule has 0 N–H and O–H groups in total. The van der Waals surface area contributed by atoms with Crippen molar-refractivity contribution in [3.8, 4) is 10.7 Å². The predicted octanol–water partition coefficient (Wildman–Crippen LogP) is 3.71. The summed E-state index contributed by atoms with van der Waals surface area (Å²) in [5.41, 5.74) is 1.39. The van der Waals surface area contributed by atoms with Gasteiger partial charge in [-0.3, -0.25) is 0 Å². The molecule has 2 nitrogen and oxygen atoms in total. The summed E-state index contributed by atoms with van der Waals surface area (Å²) in [6.07, 6.45) is 5.80. The first-order valence-electron chi connectivity index (χ1n) is 5.15. The van der Waals surface area contributed by atoms with Crippen LogP contribution in [0.25, 0.3) is 10.7 Å². The smallest absolute Gasteiger partial charge is 0.150 e. The Kier molecular flexibility index (Phi) is 2.41. The summed E-state index contributed by atoms with van der Waals surface area (Å²) in [5, 5.41) is 0. The third-order valence-corrected chi connectivity index (χ3v) is 4.42. The molecule has 1 aliphatic rings. The van der Waals surface area contributed by atoms with E-state index in [1.54, 1.807) is 11.3 Å². The van der Waals surface area contributed by atoms with Gasteiger partial charge in [-0.15, -0.1) is 11.3 Å². The lowest BCUT2D eigenvalue weighted by molar-refractivity contribution is 0.537. The molecule has 3 rings (SSSR count). The average Bonchev–Trinajstić information content (AvgIpc) is 2.83. The summed E-state index contributed by atoms with van der Waals surface area (Å²) in [7, 11) is 0. The Morgan fingerprint density at radius 1 is 1.33 bits per heavy atom. The standard InChI is InChI=1S/C11H11BrN2S/c12-10-5-4-9(15-10)11-13-7-8-3-1-2-6-14(8)11/h4-5,7H,1-3,6H2. The Labute approximate surface area is 101 Å². The zero-order valence-electron chi connectivity index (χ0n) is 8.24. The number of aryl methyl sites for hydroxylation is 1. The summed E-state index contributed by atoms with van der Waals surface area (Å²) < 4.78 is 3.53. The van der Waals surface area contributed by atoms with E-state index in [0.29, 0.717) is 0 Å². The second-order valence-corrected chi connectivity index (χ2v) is 6.25. The first-order valence-corrected chi connectivity index (χ1v) is 6.75. The van der Waals surface area contributed by atoms with E-state index in [0.717, 1.165) is 12.4 Å². The second-order valence-electron chi connectivity index (χ2n) is 3.79. The van der Waals surface area contributed by atoms with E-state index in [9.17, 15) is 0 Å². The maximum atomic E-state index is 4.53. The van der Waals surface area contributed by atoms with Gasteiger partial charge in [0.1, 0.15) is 5.82 Å². The van der Waals surface area contributed by atoms with E-state index in [1.807, 2.05) is 6.20 Å². The molecule has 0 bridgehead atoms. The highest BCUT2D eigenvalue weighted by Gasteiger charge is 2.15. The SMILES string of the molecule is Brc1ccc(-c2ncc3n2CCCC3)s1. The Hall–Kier alpha value is -0.610. The lowest BCUT2D eigenvalue weighted by Gasteiger charge is -2.15. The minimum atomic E-state index is 1.13. The number of imidazole rings is 1. The van der Waals surface area contributed by atoms with E-state index in [4.69, 9.17) is 0 Å². The molecule has 0 aromatic carbocycles. The van der Waals surface area contributed by atoms with Gasteiger partial charge in [0.2, 0.25) is 0 Å². The third-order valence-electron chi connectivity index (χ3n) is 2.80. The van der Waals surface area contributed by atoms with Crippen LogP contribution in [0.3, 0.4) is 0 Å². The molecular weight excluding hydrogens is 272 g/mol. The lowest BCUT2D eigenvalue weighted by Crippen LogP contribution is -2.10. The Bertz CT molecular complexity index is 486. The fraction of sp³-hybridized carbons (Fsp3) is 0.364. The molecule has 1 aliphatic heterocycles. The highest BCUT2D eigenvalue weighted by molar-refractivity contribution is 9.11. The number of halogens is 1. The van der Waals surface area contributed by atoms with Crippen LogP contribution in [0.15, 0.2) is 22.1 Å². The Balaban J connectivity index is 2.08. The molecule has 0 radical (unpaired) electrons. The van der Waals surface area contributed by atoms with Crippen LogP contribution in [-0.4, -0.2) is 9.55 Å². The maximum Gasteiger partial charge on any atom is 0.150 e. The third kappa shape index (κ3) is 1.66. The fourth-order valence-electron chi connectivity index (χ4n) is 2.07. The van der Waals surface area contributed by atoms with Crippen LogP contribution in [0.4, 0.5) is 0 Å². The molecular formula is C11H11BrN2S. The molecule has 78 valence electrons. The van der Waals surface area contributed by atoms with Crippen molar-refractivity contribution in [3.05, 3.63) is 27.8 Å². The van der Waals surface area contributed by atoms with Gasteiger partial charge in [-0.05, 0) is 47.3 Å². The van der Waals surface area contributed by atoms with Crippen LogP contribution >= 0.6 is 27.3 Å². The van der Waals surface area contributed by atoms with Gasteiger partial charge in [0.25, 0.3) is 0 Å². The minimum absolute atomic E-state index is 1.13. The monoisotopic (exact) mass is 282 g/mol. The van der Waals surface area contributed by atoms with E-state index < -0.39 is 0 Å². The molecule has 0 spiro atoms. The van der Waals surface area contributed by atoms with Gasteiger partial charge in [-0.25, -0.2) is 4.98 Å². The molecule has 0 saturated carbocycles. The van der Waals surface area contributed by atoms with Gasteiger partial charge in [-0.2, -0.15) is 0 Å². The topological polar surface area (TPSA) is 17.8 Å². The molecule has 0 atom stereocenters. The molecule has 0 unspecified atom stereocenters. The molecule has 15 heavy (non-hydrogen) atoms. The van der Waals surface area contributed by atoms with Crippen molar-refractivity contribution < 1.29 is 0 Å².